The normalized spacial score (nSPS) is 11.6. The standard InChI is InChI=1S/C14H13F2NO2S/c1-10-4-2-3-5-11(10)9-17-20(18,19)14-7-6-12(15)8-13(14)16/h2-8,17H,9H2,1H3. The number of halogens is 2. The molecule has 3 nitrogen and oxygen atoms in total. The summed E-state index contributed by atoms with van der Waals surface area (Å²) in [5.41, 5.74) is 1.72. The molecule has 0 fully saturated rings. The Balaban J connectivity index is 2.22. The van der Waals surface area contributed by atoms with Gasteiger partial charge in [-0.05, 0) is 30.2 Å². The van der Waals surface area contributed by atoms with Crippen LogP contribution in [-0.2, 0) is 16.6 Å². The van der Waals surface area contributed by atoms with Crippen LogP contribution >= 0.6 is 0 Å². The first-order valence-electron chi connectivity index (χ1n) is 5.89. The average Bonchev–Trinajstić information content (AvgIpc) is 2.37. The number of aryl methyl sites for hydroxylation is 1. The molecule has 0 heterocycles. The molecule has 0 saturated heterocycles. The summed E-state index contributed by atoms with van der Waals surface area (Å²) in [4.78, 5) is -0.563. The van der Waals surface area contributed by atoms with Crippen LogP contribution in [0.25, 0.3) is 0 Å². The van der Waals surface area contributed by atoms with Gasteiger partial charge in [0.25, 0.3) is 0 Å². The van der Waals surface area contributed by atoms with E-state index in [9.17, 15) is 17.2 Å². The number of nitrogens with one attached hydrogen (secondary N) is 1. The molecule has 2 rings (SSSR count). The molecule has 0 aromatic heterocycles. The molecule has 0 amide bonds. The first kappa shape index (κ1) is 14.6. The molecule has 0 spiro atoms. The third kappa shape index (κ3) is 3.20. The molecule has 0 aliphatic rings. The van der Waals surface area contributed by atoms with E-state index < -0.39 is 26.6 Å². The zero-order valence-electron chi connectivity index (χ0n) is 10.7. The van der Waals surface area contributed by atoms with Crippen LogP contribution in [0.3, 0.4) is 0 Å². The van der Waals surface area contributed by atoms with Crippen LogP contribution in [0.4, 0.5) is 8.78 Å². The van der Waals surface area contributed by atoms with Crippen LogP contribution in [0.1, 0.15) is 11.1 Å². The number of benzene rings is 2. The molecule has 2 aromatic carbocycles. The molecule has 0 radical (unpaired) electrons. The maximum absolute atomic E-state index is 13.5. The highest BCUT2D eigenvalue weighted by Crippen LogP contribution is 2.16. The van der Waals surface area contributed by atoms with Gasteiger partial charge < -0.3 is 0 Å². The van der Waals surface area contributed by atoms with Crippen molar-refractivity contribution >= 4 is 10.0 Å². The molecule has 0 bridgehead atoms. The molecule has 20 heavy (non-hydrogen) atoms. The maximum atomic E-state index is 13.5. The van der Waals surface area contributed by atoms with Crippen molar-refractivity contribution in [2.45, 2.75) is 18.4 Å². The van der Waals surface area contributed by atoms with E-state index in [0.717, 1.165) is 23.3 Å². The van der Waals surface area contributed by atoms with Gasteiger partial charge in [0.1, 0.15) is 16.5 Å². The van der Waals surface area contributed by atoms with E-state index in [1.54, 1.807) is 12.1 Å². The zero-order chi connectivity index (χ0) is 14.8. The summed E-state index contributed by atoms with van der Waals surface area (Å²) in [5.74, 6) is -1.93. The van der Waals surface area contributed by atoms with Gasteiger partial charge in [0.05, 0.1) is 0 Å². The van der Waals surface area contributed by atoms with Crippen molar-refractivity contribution in [2.24, 2.45) is 0 Å². The van der Waals surface area contributed by atoms with Gasteiger partial charge in [-0.15, -0.1) is 0 Å². The van der Waals surface area contributed by atoms with Gasteiger partial charge >= 0.3 is 0 Å². The lowest BCUT2D eigenvalue weighted by molar-refractivity contribution is 0.543. The van der Waals surface area contributed by atoms with Crippen molar-refractivity contribution in [2.75, 3.05) is 0 Å². The van der Waals surface area contributed by atoms with E-state index >= 15 is 0 Å². The minimum Gasteiger partial charge on any atom is -0.207 e. The number of hydrogen-bond donors (Lipinski definition) is 1. The molecular weight excluding hydrogens is 284 g/mol. The minimum atomic E-state index is -4.01. The fourth-order valence-electron chi connectivity index (χ4n) is 1.75. The number of hydrogen-bond acceptors (Lipinski definition) is 2. The predicted octanol–water partition coefficient (Wildman–Crippen LogP) is 2.75. The molecule has 0 aliphatic heterocycles. The van der Waals surface area contributed by atoms with Gasteiger partial charge in [0, 0.05) is 12.6 Å². The molecule has 0 aliphatic carbocycles. The smallest absolute Gasteiger partial charge is 0.207 e. The Morgan fingerprint density at radius 1 is 1.10 bits per heavy atom. The largest absolute Gasteiger partial charge is 0.243 e. The van der Waals surface area contributed by atoms with E-state index in [4.69, 9.17) is 0 Å². The van der Waals surface area contributed by atoms with E-state index in [0.29, 0.717) is 6.07 Å². The van der Waals surface area contributed by atoms with Crippen molar-refractivity contribution in [3.8, 4) is 0 Å². The van der Waals surface area contributed by atoms with E-state index in [1.807, 2.05) is 19.1 Å². The fraction of sp³-hybridized carbons (Fsp3) is 0.143. The van der Waals surface area contributed by atoms with E-state index in [1.165, 1.54) is 0 Å². The van der Waals surface area contributed by atoms with Crippen molar-refractivity contribution in [3.63, 3.8) is 0 Å². The Bertz CT molecular complexity index is 730. The fourth-order valence-corrected chi connectivity index (χ4v) is 2.82. The molecule has 0 unspecified atom stereocenters. The summed E-state index contributed by atoms with van der Waals surface area (Å²) in [6.45, 7) is 1.90. The first-order chi connectivity index (χ1) is 9.40. The highest BCUT2D eigenvalue weighted by molar-refractivity contribution is 7.89. The van der Waals surface area contributed by atoms with Gasteiger partial charge in [-0.2, -0.15) is 0 Å². The third-order valence-corrected chi connectivity index (χ3v) is 4.33. The molecule has 0 atom stereocenters. The SMILES string of the molecule is Cc1ccccc1CNS(=O)(=O)c1ccc(F)cc1F. The van der Waals surface area contributed by atoms with Crippen molar-refractivity contribution in [1.82, 2.24) is 4.72 Å². The Kier molecular flexibility index (Phi) is 4.15. The highest BCUT2D eigenvalue weighted by atomic mass is 32.2. The summed E-state index contributed by atoms with van der Waals surface area (Å²) >= 11 is 0. The lowest BCUT2D eigenvalue weighted by atomic mass is 10.1. The number of rotatable bonds is 4. The maximum Gasteiger partial charge on any atom is 0.243 e. The predicted molar refractivity (Wildman–Crippen MR) is 71.6 cm³/mol. The monoisotopic (exact) mass is 297 g/mol. The lowest BCUT2D eigenvalue weighted by Crippen LogP contribution is -2.24. The summed E-state index contributed by atoms with van der Waals surface area (Å²) in [7, 11) is -4.01. The molecule has 2 aromatic rings. The molecule has 0 saturated carbocycles. The van der Waals surface area contributed by atoms with Crippen LogP contribution < -0.4 is 4.72 Å². The van der Waals surface area contributed by atoms with Gasteiger partial charge in [-0.3, -0.25) is 0 Å². The first-order valence-corrected chi connectivity index (χ1v) is 7.38. The highest BCUT2D eigenvalue weighted by Gasteiger charge is 2.19. The quantitative estimate of drug-likeness (QED) is 0.943. The van der Waals surface area contributed by atoms with Crippen molar-refractivity contribution < 1.29 is 17.2 Å². The second kappa shape index (κ2) is 5.68. The molecule has 106 valence electrons. The second-order valence-electron chi connectivity index (χ2n) is 4.33. The number of sulfonamides is 1. The molecule has 1 N–H and O–H groups in total. The topological polar surface area (TPSA) is 46.2 Å². The van der Waals surface area contributed by atoms with Crippen molar-refractivity contribution in [1.29, 1.82) is 0 Å². The molecule has 6 heteroatoms. The third-order valence-electron chi connectivity index (χ3n) is 2.90. The average molecular weight is 297 g/mol. The minimum absolute atomic E-state index is 0.0474. The van der Waals surface area contributed by atoms with Gasteiger partial charge in [0.15, 0.2) is 0 Å². The Hall–Kier alpha value is -1.79. The van der Waals surface area contributed by atoms with Gasteiger partial charge in [0.2, 0.25) is 10.0 Å². The van der Waals surface area contributed by atoms with Crippen LogP contribution in [0.2, 0.25) is 0 Å². The zero-order valence-corrected chi connectivity index (χ0v) is 11.5. The van der Waals surface area contributed by atoms with Crippen molar-refractivity contribution in [3.05, 3.63) is 65.2 Å². The Morgan fingerprint density at radius 2 is 1.80 bits per heavy atom. The Labute approximate surface area is 116 Å². The Morgan fingerprint density at radius 3 is 2.45 bits per heavy atom. The second-order valence-corrected chi connectivity index (χ2v) is 6.06. The summed E-state index contributed by atoms with van der Waals surface area (Å²) < 4.78 is 52.5. The van der Waals surface area contributed by atoms with Crippen LogP contribution in [0.15, 0.2) is 47.4 Å². The van der Waals surface area contributed by atoms with Gasteiger partial charge in [-0.25, -0.2) is 21.9 Å². The molecular formula is C14H13F2NO2S. The van der Waals surface area contributed by atoms with E-state index in [-0.39, 0.29) is 6.54 Å². The lowest BCUT2D eigenvalue weighted by Gasteiger charge is -2.09. The summed E-state index contributed by atoms with van der Waals surface area (Å²) in [6, 6.07) is 9.61. The van der Waals surface area contributed by atoms with Crippen LogP contribution in [0, 0.1) is 18.6 Å². The summed E-state index contributed by atoms with van der Waals surface area (Å²) in [5, 5.41) is 0. The van der Waals surface area contributed by atoms with Crippen LogP contribution in [-0.4, -0.2) is 8.42 Å². The van der Waals surface area contributed by atoms with Crippen LogP contribution in [0.5, 0.6) is 0 Å². The summed E-state index contributed by atoms with van der Waals surface area (Å²) in [6.07, 6.45) is 0. The van der Waals surface area contributed by atoms with E-state index in [2.05, 4.69) is 4.72 Å². The van der Waals surface area contributed by atoms with Gasteiger partial charge in [-0.1, -0.05) is 24.3 Å².